The quantitative estimate of drug-likeness (QED) is 0.307. The summed E-state index contributed by atoms with van der Waals surface area (Å²) in [5.74, 6) is -0.976. The van der Waals surface area contributed by atoms with E-state index in [4.69, 9.17) is 15.8 Å². The van der Waals surface area contributed by atoms with Crippen molar-refractivity contribution in [3.8, 4) is 18.2 Å². The maximum absolute atomic E-state index is 10.7. The number of carbonyl (C=O) groups excluding carboxylic acids is 1. The summed E-state index contributed by atoms with van der Waals surface area (Å²) in [6.45, 7) is 0. The van der Waals surface area contributed by atoms with Crippen LogP contribution in [0.4, 0.5) is 0 Å². The first kappa shape index (κ1) is 9.68. The predicted molar refractivity (Wildman–Crippen MR) is 35.9 cm³/mol. The number of nitriles is 3. The zero-order valence-corrected chi connectivity index (χ0v) is 6.16. The molecule has 0 spiro atoms. The molecule has 0 aliphatic carbocycles. The topological polar surface area (TPSA) is 97.7 Å². The zero-order chi connectivity index (χ0) is 9.56. The molecule has 0 aromatic carbocycles. The van der Waals surface area contributed by atoms with Crippen LogP contribution in [-0.2, 0) is 9.53 Å². The van der Waals surface area contributed by atoms with Gasteiger partial charge >= 0.3 is 5.97 Å². The Morgan fingerprint density at radius 3 is 1.92 bits per heavy atom. The number of allylic oxidation sites excluding steroid dienone is 1. The molecule has 0 aromatic heterocycles. The summed E-state index contributed by atoms with van der Waals surface area (Å²) in [5, 5.41) is 24.9. The third kappa shape index (κ3) is 1.83. The number of methoxy groups -OCH3 is 1. The fourth-order valence-electron chi connectivity index (χ4n) is 0.442. The summed E-state index contributed by atoms with van der Waals surface area (Å²) in [6.07, 6.45) is 0. The first-order valence-electron chi connectivity index (χ1n) is 2.74. The number of carbonyl (C=O) groups is 1. The van der Waals surface area contributed by atoms with Crippen LogP contribution in [0.5, 0.6) is 0 Å². The van der Waals surface area contributed by atoms with Gasteiger partial charge in [0.1, 0.15) is 18.2 Å². The van der Waals surface area contributed by atoms with Crippen LogP contribution in [0.15, 0.2) is 11.1 Å². The maximum Gasteiger partial charge on any atom is 0.350 e. The molecule has 0 amide bonds. The smallest absolute Gasteiger partial charge is 0.350 e. The van der Waals surface area contributed by atoms with Crippen molar-refractivity contribution in [2.24, 2.45) is 0 Å². The Bertz CT molecular complexity index is 332. The lowest BCUT2D eigenvalue weighted by Gasteiger charge is -1.93. The van der Waals surface area contributed by atoms with Crippen LogP contribution in [0.3, 0.4) is 0 Å². The van der Waals surface area contributed by atoms with Crippen LogP contribution in [0.1, 0.15) is 0 Å². The molecule has 0 N–H and O–H groups in total. The lowest BCUT2D eigenvalue weighted by atomic mass is 10.1. The zero-order valence-electron chi connectivity index (χ0n) is 6.16. The number of hydrogen-bond acceptors (Lipinski definition) is 5. The van der Waals surface area contributed by atoms with Crippen LogP contribution in [0.25, 0.3) is 0 Å². The normalized spacial score (nSPS) is 6.83. The molecule has 0 heterocycles. The highest BCUT2D eigenvalue weighted by Crippen LogP contribution is 2.02. The molecule has 58 valence electrons. The van der Waals surface area contributed by atoms with E-state index in [-0.39, 0.29) is 0 Å². The average molecular weight is 161 g/mol. The summed E-state index contributed by atoms with van der Waals surface area (Å²) in [4.78, 5) is 10.7. The average Bonchev–Trinajstić information content (AvgIpc) is 2.12. The van der Waals surface area contributed by atoms with E-state index >= 15 is 0 Å². The van der Waals surface area contributed by atoms with Gasteiger partial charge in [-0.3, -0.25) is 0 Å². The summed E-state index contributed by atoms with van der Waals surface area (Å²) in [6, 6.07) is 4.24. The lowest BCUT2D eigenvalue weighted by molar-refractivity contribution is -0.135. The Morgan fingerprint density at radius 1 is 1.17 bits per heavy atom. The highest BCUT2D eigenvalue weighted by atomic mass is 16.5. The van der Waals surface area contributed by atoms with Gasteiger partial charge in [-0.15, -0.1) is 0 Å². The van der Waals surface area contributed by atoms with Crippen molar-refractivity contribution in [3.05, 3.63) is 11.1 Å². The number of esters is 1. The summed E-state index contributed by atoms with van der Waals surface area (Å²) < 4.78 is 4.17. The van der Waals surface area contributed by atoms with Crippen molar-refractivity contribution in [1.29, 1.82) is 15.8 Å². The Labute approximate surface area is 68.7 Å². The standard InChI is InChI=1S/C7H3N3O2/c1-12-7(11)6(4-10)5(2-8)3-9/h1H3. The molecule has 0 bridgehead atoms. The largest absolute Gasteiger partial charge is 0.465 e. The van der Waals surface area contributed by atoms with Crippen molar-refractivity contribution >= 4 is 5.97 Å². The monoisotopic (exact) mass is 161 g/mol. The number of ether oxygens (including phenoxy) is 1. The maximum atomic E-state index is 10.7. The molecule has 0 aliphatic rings. The van der Waals surface area contributed by atoms with E-state index in [1.54, 1.807) is 0 Å². The minimum atomic E-state index is -0.976. The molecule has 12 heavy (non-hydrogen) atoms. The van der Waals surface area contributed by atoms with E-state index < -0.39 is 17.1 Å². The Kier molecular flexibility index (Phi) is 3.62. The van der Waals surface area contributed by atoms with E-state index in [2.05, 4.69) is 4.74 Å². The van der Waals surface area contributed by atoms with Crippen molar-refractivity contribution in [2.45, 2.75) is 0 Å². The predicted octanol–water partition coefficient (Wildman–Crippen LogP) is 0.0267. The fraction of sp³-hybridized carbons (Fsp3) is 0.143. The van der Waals surface area contributed by atoms with Gasteiger partial charge in [-0.25, -0.2) is 4.79 Å². The van der Waals surface area contributed by atoms with Gasteiger partial charge in [-0.05, 0) is 0 Å². The molecule has 0 radical (unpaired) electrons. The minimum Gasteiger partial charge on any atom is -0.465 e. The van der Waals surface area contributed by atoms with Crippen molar-refractivity contribution < 1.29 is 9.53 Å². The Morgan fingerprint density at radius 2 is 1.67 bits per heavy atom. The van der Waals surface area contributed by atoms with Gasteiger partial charge in [0, 0.05) is 0 Å². The number of nitrogens with zero attached hydrogens (tertiary/aromatic N) is 3. The van der Waals surface area contributed by atoms with Gasteiger partial charge in [0.2, 0.25) is 0 Å². The molecule has 0 aromatic rings. The number of hydrogen-bond donors (Lipinski definition) is 0. The lowest BCUT2D eigenvalue weighted by Crippen LogP contribution is -2.05. The molecular weight excluding hydrogens is 158 g/mol. The van der Waals surface area contributed by atoms with Gasteiger partial charge in [-0.2, -0.15) is 15.8 Å². The third-order valence-corrected chi connectivity index (χ3v) is 0.975. The Balaban J connectivity index is 5.22. The van der Waals surface area contributed by atoms with Gasteiger partial charge in [0.25, 0.3) is 0 Å². The molecule has 0 saturated carbocycles. The van der Waals surface area contributed by atoms with E-state index in [0.29, 0.717) is 0 Å². The second kappa shape index (κ2) is 4.49. The first-order valence-corrected chi connectivity index (χ1v) is 2.74. The van der Waals surface area contributed by atoms with Crippen LogP contribution in [0.2, 0.25) is 0 Å². The van der Waals surface area contributed by atoms with E-state index in [1.165, 1.54) is 18.2 Å². The summed E-state index contributed by atoms with van der Waals surface area (Å²) in [5.41, 5.74) is -1.10. The van der Waals surface area contributed by atoms with Gasteiger partial charge in [-0.1, -0.05) is 0 Å². The first-order chi connectivity index (χ1) is 5.71. The highest BCUT2D eigenvalue weighted by Gasteiger charge is 2.14. The van der Waals surface area contributed by atoms with Crippen LogP contribution in [0, 0.1) is 34.0 Å². The van der Waals surface area contributed by atoms with Crippen molar-refractivity contribution in [3.63, 3.8) is 0 Å². The summed E-state index contributed by atoms with van der Waals surface area (Å²) in [7, 11) is 1.06. The van der Waals surface area contributed by atoms with E-state index in [0.717, 1.165) is 7.11 Å². The van der Waals surface area contributed by atoms with Crippen molar-refractivity contribution in [2.75, 3.05) is 7.11 Å². The molecule has 0 rings (SSSR count). The van der Waals surface area contributed by atoms with E-state index in [1.807, 2.05) is 0 Å². The second-order valence-corrected chi connectivity index (χ2v) is 1.58. The molecule has 5 heteroatoms. The SMILES string of the molecule is COC(=O)C(C#N)=C(C#N)C#N. The molecule has 0 fully saturated rings. The molecule has 0 aliphatic heterocycles. The van der Waals surface area contributed by atoms with Crippen molar-refractivity contribution in [1.82, 2.24) is 0 Å². The highest BCUT2D eigenvalue weighted by molar-refractivity contribution is 5.95. The molecule has 0 unspecified atom stereocenters. The van der Waals surface area contributed by atoms with Crippen LogP contribution >= 0.6 is 0 Å². The molecule has 0 atom stereocenters. The summed E-state index contributed by atoms with van der Waals surface area (Å²) >= 11 is 0. The van der Waals surface area contributed by atoms with Gasteiger partial charge < -0.3 is 4.74 Å². The molecule has 0 saturated heterocycles. The fourth-order valence-corrected chi connectivity index (χ4v) is 0.442. The van der Waals surface area contributed by atoms with Gasteiger partial charge in [0.15, 0.2) is 11.1 Å². The number of rotatable bonds is 1. The van der Waals surface area contributed by atoms with Gasteiger partial charge in [0.05, 0.1) is 7.11 Å². The second-order valence-electron chi connectivity index (χ2n) is 1.58. The third-order valence-electron chi connectivity index (χ3n) is 0.975. The van der Waals surface area contributed by atoms with Crippen LogP contribution < -0.4 is 0 Å². The Hall–Kier alpha value is -2.32. The van der Waals surface area contributed by atoms with Crippen LogP contribution in [-0.4, -0.2) is 13.1 Å². The van der Waals surface area contributed by atoms with E-state index in [9.17, 15) is 4.79 Å². The molecule has 5 nitrogen and oxygen atoms in total. The molecular formula is C7H3N3O2. The minimum absolute atomic E-state index is 0.538.